The van der Waals surface area contributed by atoms with E-state index in [0.29, 0.717) is 25.3 Å². The van der Waals surface area contributed by atoms with Crippen molar-refractivity contribution >= 4 is 21.5 Å². The Kier molecular flexibility index (Phi) is 3.13. The van der Waals surface area contributed by atoms with Crippen molar-refractivity contribution in [2.75, 3.05) is 10.8 Å². The summed E-state index contributed by atoms with van der Waals surface area (Å²) < 4.78 is 28.2. The molecule has 0 spiro atoms. The monoisotopic (exact) mass is 308 g/mol. The maximum absolute atomic E-state index is 12.6. The van der Waals surface area contributed by atoms with E-state index in [0.717, 1.165) is 0 Å². The maximum Gasteiger partial charge on any atom is 0.269 e. The van der Waals surface area contributed by atoms with Gasteiger partial charge in [-0.15, -0.1) is 0 Å². The molecule has 0 atom stereocenters. The first-order valence-electron chi connectivity index (χ1n) is 6.29. The molecule has 8 nitrogen and oxygen atoms in total. The lowest BCUT2D eigenvalue weighted by atomic mass is 10.3. The summed E-state index contributed by atoms with van der Waals surface area (Å²) in [7, 11) is -3.74. The van der Waals surface area contributed by atoms with Crippen LogP contribution in [0.2, 0.25) is 0 Å². The molecule has 1 aromatic carbocycles. The second kappa shape index (κ2) is 4.85. The molecular formula is C12H12N4O4S. The van der Waals surface area contributed by atoms with Crippen LogP contribution in [0, 0.1) is 10.1 Å². The third-order valence-electron chi connectivity index (χ3n) is 3.32. The van der Waals surface area contributed by atoms with Crippen LogP contribution in [-0.2, 0) is 16.6 Å². The highest BCUT2D eigenvalue weighted by Crippen LogP contribution is 2.27. The van der Waals surface area contributed by atoms with Gasteiger partial charge in [0.05, 0.1) is 16.0 Å². The first kappa shape index (κ1) is 13.6. The Morgan fingerprint density at radius 2 is 1.86 bits per heavy atom. The van der Waals surface area contributed by atoms with Crippen LogP contribution in [0.4, 0.5) is 11.5 Å². The smallest absolute Gasteiger partial charge is 0.258 e. The molecule has 1 aliphatic heterocycles. The van der Waals surface area contributed by atoms with Gasteiger partial charge in [0.2, 0.25) is 0 Å². The fourth-order valence-electron chi connectivity index (χ4n) is 2.30. The predicted molar refractivity (Wildman–Crippen MR) is 74.5 cm³/mol. The number of benzene rings is 1. The van der Waals surface area contributed by atoms with Crippen molar-refractivity contribution in [3.63, 3.8) is 0 Å². The average molecular weight is 308 g/mol. The molecule has 0 saturated heterocycles. The standard InChI is InChI=1S/C12H12N4O4S/c17-16(18)10-2-4-11(5-3-10)21(19,20)15-9-1-8-14-12(15)6-7-13-14/h2-7H,1,8-9H2. The number of sulfonamides is 1. The van der Waals surface area contributed by atoms with Gasteiger partial charge in [-0.2, -0.15) is 5.10 Å². The molecule has 110 valence electrons. The summed E-state index contributed by atoms with van der Waals surface area (Å²) in [5.41, 5.74) is -0.141. The van der Waals surface area contributed by atoms with Gasteiger partial charge >= 0.3 is 0 Å². The van der Waals surface area contributed by atoms with Gasteiger partial charge < -0.3 is 0 Å². The number of anilines is 1. The van der Waals surface area contributed by atoms with Gasteiger partial charge in [0.15, 0.2) is 0 Å². The van der Waals surface area contributed by atoms with Crippen LogP contribution in [0.5, 0.6) is 0 Å². The summed E-state index contributed by atoms with van der Waals surface area (Å²) in [6, 6.07) is 6.52. The van der Waals surface area contributed by atoms with Crippen molar-refractivity contribution in [2.45, 2.75) is 17.9 Å². The fraction of sp³-hybridized carbons (Fsp3) is 0.250. The van der Waals surface area contributed by atoms with Crippen molar-refractivity contribution in [3.8, 4) is 0 Å². The molecule has 2 aromatic rings. The van der Waals surface area contributed by atoms with Gasteiger partial charge in [-0.1, -0.05) is 0 Å². The molecule has 9 heteroatoms. The highest BCUT2D eigenvalue weighted by molar-refractivity contribution is 7.92. The zero-order valence-electron chi connectivity index (χ0n) is 10.9. The highest BCUT2D eigenvalue weighted by Gasteiger charge is 2.29. The molecule has 0 saturated carbocycles. The molecule has 21 heavy (non-hydrogen) atoms. The molecule has 1 aliphatic rings. The summed E-state index contributed by atoms with van der Waals surface area (Å²) in [4.78, 5) is 10.1. The lowest BCUT2D eigenvalue weighted by Gasteiger charge is -2.28. The molecule has 0 amide bonds. The summed E-state index contributed by atoms with van der Waals surface area (Å²) >= 11 is 0. The second-order valence-electron chi connectivity index (χ2n) is 4.59. The summed E-state index contributed by atoms with van der Waals surface area (Å²) in [5, 5.41) is 14.7. The first-order chi connectivity index (χ1) is 10.00. The van der Waals surface area contributed by atoms with E-state index < -0.39 is 14.9 Å². The average Bonchev–Trinajstić information content (AvgIpc) is 2.95. The van der Waals surface area contributed by atoms with Gasteiger partial charge in [-0.05, 0) is 18.6 Å². The van der Waals surface area contributed by atoms with Crippen LogP contribution < -0.4 is 4.31 Å². The van der Waals surface area contributed by atoms with Crippen molar-refractivity contribution < 1.29 is 13.3 Å². The Balaban J connectivity index is 2.00. The van der Waals surface area contributed by atoms with Crippen molar-refractivity contribution in [1.82, 2.24) is 9.78 Å². The molecule has 0 aliphatic carbocycles. The Morgan fingerprint density at radius 1 is 1.14 bits per heavy atom. The normalized spacial score (nSPS) is 14.8. The minimum atomic E-state index is -3.74. The molecular weight excluding hydrogens is 296 g/mol. The SMILES string of the molecule is O=[N+]([O-])c1ccc(S(=O)(=O)N2CCCn3nccc32)cc1. The van der Waals surface area contributed by atoms with E-state index in [1.807, 2.05) is 0 Å². The zero-order chi connectivity index (χ0) is 15.0. The van der Waals surface area contributed by atoms with Crippen LogP contribution >= 0.6 is 0 Å². The minimum Gasteiger partial charge on any atom is -0.258 e. The Morgan fingerprint density at radius 3 is 2.52 bits per heavy atom. The van der Waals surface area contributed by atoms with E-state index in [2.05, 4.69) is 5.10 Å². The lowest BCUT2D eigenvalue weighted by molar-refractivity contribution is -0.384. The first-order valence-corrected chi connectivity index (χ1v) is 7.73. The molecule has 1 aromatic heterocycles. The third kappa shape index (κ3) is 2.25. The number of nitro groups is 1. The molecule has 0 radical (unpaired) electrons. The van der Waals surface area contributed by atoms with Gasteiger partial charge in [0, 0.05) is 31.3 Å². The van der Waals surface area contributed by atoms with E-state index in [1.165, 1.54) is 28.6 Å². The van der Waals surface area contributed by atoms with Gasteiger partial charge in [0.1, 0.15) is 5.82 Å². The van der Waals surface area contributed by atoms with E-state index >= 15 is 0 Å². The maximum atomic E-state index is 12.6. The molecule has 2 heterocycles. The van der Waals surface area contributed by atoms with E-state index in [1.54, 1.807) is 16.9 Å². The number of aromatic nitrogens is 2. The molecule has 3 rings (SSSR count). The van der Waals surface area contributed by atoms with Crippen molar-refractivity contribution in [1.29, 1.82) is 0 Å². The molecule has 0 N–H and O–H groups in total. The number of rotatable bonds is 3. The molecule has 0 fully saturated rings. The van der Waals surface area contributed by atoms with E-state index in [-0.39, 0.29) is 10.6 Å². The number of nitro benzene ring substituents is 1. The van der Waals surface area contributed by atoms with Gasteiger partial charge in [0.25, 0.3) is 15.7 Å². The summed E-state index contributed by atoms with van der Waals surface area (Å²) in [6.45, 7) is 1.04. The highest BCUT2D eigenvalue weighted by atomic mass is 32.2. The Bertz CT molecular complexity index is 782. The van der Waals surface area contributed by atoms with E-state index in [9.17, 15) is 18.5 Å². The lowest BCUT2D eigenvalue weighted by Crippen LogP contribution is -2.37. The Hall–Kier alpha value is -2.42. The minimum absolute atomic E-state index is 0.0303. The topological polar surface area (TPSA) is 98.3 Å². The van der Waals surface area contributed by atoms with Crippen LogP contribution in [0.3, 0.4) is 0 Å². The van der Waals surface area contributed by atoms with Crippen molar-refractivity contribution in [3.05, 3.63) is 46.6 Å². The molecule has 0 unspecified atom stereocenters. The fourth-order valence-corrected chi connectivity index (χ4v) is 3.80. The molecule has 0 bridgehead atoms. The van der Waals surface area contributed by atoms with Crippen molar-refractivity contribution in [2.24, 2.45) is 0 Å². The van der Waals surface area contributed by atoms with Gasteiger partial charge in [-0.3, -0.25) is 10.1 Å². The zero-order valence-corrected chi connectivity index (χ0v) is 11.7. The second-order valence-corrected chi connectivity index (χ2v) is 6.46. The van der Waals surface area contributed by atoms with Crippen LogP contribution in [-0.4, -0.2) is 29.7 Å². The van der Waals surface area contributed by atoms with Crippen LogP contribution in [0.15, 0.2) is 41.4 Å². The summed E-state index contributed by atoms with van der Waals surface area (Å²) in [6.07, 6.45) is 2.22. The third-order valence-corrected chi connectivity index (χ3v) is 5.13. The van der Waals surface area contributed by atoms with Crippen LogP contribution in [0.1, 0.15) is 6.42 Å². The number of nitrogens with zero attached hydrogens (tertiary/aromatic N) is 4. The predicted octanol–water partition coefficient (Wildman–Crippen LogP) is 1.39. The number of aryl methyl sites for hydroxylation is 1. The van der Waals surface area contributed by atoms with Crippen LogP contribution in [0.25, 0.3) is 0 Å². The number of hydrogen-bond acceptors (Lipinski definition) is 5. The summed E-state index contributed by atoms with van der Waals surface area (Å²) in [5.74, 6) is 0.514. The van der Waals surface area contributed by atoms with E-state index in [4.69, 9.17) is 0 Å². The number of hydrogen-bond donors (Lipinski definition) is 0. The largest absolute Gasteiger partial charge is 0.269 e. The Labute approximate surface area is 120 Å². The number of fused-ring (bicyclic) bond motifs is 1. The quantitative estimate of drug-likeness (QED) is 0.630. The number of non-ortho nitro benzene ring substituents is 1. The van der Waals surface area contributed by atoms with Gasteiger partial charge in [-0.25, -0.2) is 17.4 Å².